The molecule has 0 saturated heterocycles. The maximum Gasteiger partial charge on any atom is 0.316 e. The molecule has 0 heterocycles. The van der Waals surface area contributed by atoms with Crippen LogP contribution in [0.1, 0.15) is 32.3 Å². The predicted octanol–water partition coefficient (Wildman–Crippen LogP) is 2.42. The average Bonchev–Trinajstić information content (AvgIpc) is 2.33. The second kappa shape index (κ2) is 4.60. The number of aliphatic hydroxyl groups is 1. The lowest BCUT2D eigenvalue weighted by Crippen LogP contribution is -2.61. The van der Waals surface area contributed by atoms with Crippen LogP contribution >= 0.6 is 0 Å². The first-order valence-electron chi connectivity index (χ1n) is 6.41. The standard InChI is InChI=1S/C15H19FO3/c1-10(2)15(18)8-14(9-15,13(17)19-3)11-5-4-6-12(16)7-11/h4-7,10,18H,8-9H2,1-3H3. The third-order valence-corrected chi connectivity index (χ3v) is 4.24. The van der Waals surface area contributed by atoms with Crippen molar-refractivity contribution in [3.63, 3.8) is 0 Å². The summed E-state index contributed by atoms with van der Waals surface area (Å²) in [5.74, 6) is -0.761. The first kappa shape index (κ1) is 14.0. The first-order chi connectivity index (χ1) is 8.84. The van der Waals surface area contributed by atoms with Crippen LogP contribution < -0.4 is 0 Å². The molecule has 0 bridgehead atoms. The van der Waals surface area contributed by atoms with Crippen LogP contribution in [0, 0.1) is 11.7 Å². The van der Waals surface area contributed by atoms with Crippen molar-refractivity contribution in [2.75, 3.05) is 7.11 Å². The van der Waals surface area contributed by atoms with Gasteiger partial charge in [-0.15, -0.1) is 0 Å². The minimum atomic E-state index is -0.921. The van der Waals surface area contributed by atoms with E-state index in [9.17, 15) is 14.3 Å². The summed E-state index contributed by atoms with van der Waals surface area (Å²) in [7, 11) is 1.32. The number of hydrogen-bond acceptors (Lipinski definition) is 3. The number of hydrogen-bond donors (Lipinski definition) is 1. The van der Waals surface area contributed by atoms with Crippen molar-refractivity contribution >= 4 is 5.97 Å². The van der Waals surface area contributed by atoms with Crippen LogP contribution in [0.2, 0.25) is 0 Å². The minimum Gasteiger partial charge on any atom is -0.468 e. The summed E-state index contributed by atoms with van der Waals surface area (Å²) in [4.78, 5) is 12.1. The number of carbonyl (C=O) groups excluding carboxylic acids is 1. The molecule has 3 nitrogen and oxygen atoms in total. The van der Waals surface area contributed by atoms with Crippen molar-refractivity contribution in [2.45, 2.75) is 37.7 Å². The van der Waals surface area contributed by atoms with Crippen LogP contribution in [0.15, 0.2) is 24.3 Å². The summed E-state index contributed by atoms with van der Waals surface area (Å²) in [6.07, 6.45) is 0.543. The van der Waals surface area contributed by atoms with Crippen LogP contribution in [0.25, 0.3) is 0 Å². The smallest absolute Gasteiger partial charge is 0.316 e. The molecule has 0 amide bonds. The summed E-state index contributed by atoms with van der Waals surface area (Å²) in [6, 6.07) is 5.96. The fraction of sp³-hybridized carbons (Fsp3) is 0.533. The molecular formula is C15H19FO3. The Morgan fingerprint density at radius 3 is 2.53 bits per heavy atom. The zero-order valence-electron chi connectivity index (χ0n) is 11.4. The van der Waals surface area contributed by atoms with Crippen LogP contribution in [0.4, 0.5) is 4.39 Å². The summed E-state index contributed by atoms with van der Waals surface area (Å²) in [6.45, 7) is 3.82. The molecule has 1 saturated carbocycles. The molecule has 1 fully saturated rings. The van der Waals surface area contributed by atoms with Gasteiger partial charge >= 0.3 is 5.97 Å². The third-order valence-electron chi connectivity index (χ3n) is 4.24. The van der Waals surface area contributed by atoms with E-state index in [-0.39, 0.29) is 24.6 Å². The van der Waals surface area contributed by atoms with Crippen molar-refractivity contribution in [3.8, 4) is 0 Å². The Morgan fingerprint density at radius 1 is 1.42 bits per heavy atom. The molecule has 19 heavy (non-hydrogen) atoms. The van der Waals surface area contributed by atoms with Gasteiger partial charge in [0.05, 0.1) is 18.1 Å². The Kier molecular flexibility index (Phi) is 3.39. The molecule has 0 aromatic heterocycles. The lowest BCUT2D eigenvalue weighted by molar-refractivity contribution is -0.175. The molecule has 0 unspecified atom stereocenters. The van der Waals surface area contributed by atoms with Gasteiger partial charge in [-0.05, 0) is 36.5 Å². The second-order valence-electron chi connectivity index (χ2n) is 5.70. The maximum atomic E-state index is 13.4. The molecule has 1 N–H and O–H groups in total. The highest BCUT2D eigenvalue weighted by Gasteiger charge is 2.61. The highest BCUT2D eigenvalue weighted by molar-refractivity contribution is 5.85. The SMILES string of the molecule is COC(=O)C1(c2cccc(F)c2)CC(O)(C(C)C)C1. The second-order valence-corrected chi connectivity index (χ2v) is 5.70. The molecular weight excluding hydrogens is 247 g/mol. The fourth-order valence-corrected chi connectivity index (χ4v) is 2.85. The highest BCUT2D eigenvalue weighted by atomic mass is 19.1. The normalized spacial score (nSPS) is 30.0. The number of benzene rings is 1. The van der Waals surface area contributed by atoms with Gasteiger partial charge in [-0.2, -0.15) is 0 Å². The molecule has 104 valence electrons. The van der Waals surface area contributed by atoms with Gasteiger partial charge in [-0.3, -0.25) is 4.79 Å². The van der Waals surface area contributed by atoms with E-state index in [1.807, 2.05) is 13.8 Å². The van der Waals surface area contributed by atoms with Gasteiger partial charge in [0, 0.05) is 0 Å². The molecule has 1 aromatic rings. The van der Waals surface area contributed by atoms with Gasteiger partial charge in [0.15, 0.2) is 0 Å². The van der Waals surface area contributed by atoms with E-state index in [2.05, 4.69) is 0 Å². The quantitative estimate of drug-likeness (QED) is 0.855. The maximum absolute atomic E-state index is 13.4. The molecule has 0 radical (unpaired) electrons. The Balaban J connectivity index is 2.38. The lowest BCUT2D eigenvalue weighted by atomic mass is 9.53. The Morgan fingerprint density at radius 2 is 2.05 bits per heavy atom. The van der Waals surface area contributed by atoms with E-state index in [1.165, 1.54) is 19.2 Å². The van der Waals surface area contributed by atoms with Crippen molar-refractivity contribution in [2.24, 2.45) is 5.92 Å². The van der Waals surface area contributed by atoms with E-state index < -0.39 is 17.0 Å². The summed E-state index contributed by atoms with van der Waals surface area (Å²) in [5.41, 5.74) is -1.24. The minimum absolute atomic E-state index is 0.0406. The molecule has 1 aliphatic carbocycles. The van der Waals surface area contributed by atoms with Crippen LogP contribution in [-0.4, -0.2) is 23.8 Å². The van der Waals surface area contributed by atoms with E-state index in [1.54, 1.807) is 12.1 Å². The van der Waals surface area contributed by atoms with Gasteiger partial charge in [0.1, 0.15) is 5.82 Å². The van der Waals surface area contributed by atoms with Crippen molar-refractivity contribution < 1.29 is 19.0 Å². The summed E-state index contributed by atoms with van der Waals surface area (Å²) >= 11 is 0. The highest BCUT2D eigenvalue weighted by Crippen LogP contribution is 2.54. The Bertz CT molecular complexity index is 490. The number of carbonyl (C=O) groups is 1. The van der Waals surface area contributed by atoms with Crippen LogP contribution in [-0.2, 0) is 14.9 Å². The van der Waals surface area contributed by atoms with Gasteiger partial charge in [-0.1, -0.05) is 26.0 Å². The van der Waals surface area contributed by atoms with Gasteiger partial charge < -0.3 is 9.84 Å². The fourth-order valence-electron chi connectivity index (χ4n) is 2.85. The third kappa shape index (κ3) is 2.14. The number of esters is 1. The van der Waals surface area contributed by atoms with Crippen molar-refractivity contribution in [1.82, 2.24) is 0 Å². The molecule has 0 aliphatic heterocycles. The van der Waals surface area contributed by atoms with E-state index >= 15 is 0 Å². The molecule has 4 heteroatoms. The molecule has 0 atom stereocenters. The Hall–Kier alpha value is -1.42. The average molecular weight is 266 g/mol. The van der Waals surface area contributed by atoms with Gasteiger partial charge in [0.25, 0.3) is 0 Å². The zero-order valence-corrected chi connectivity index (χ0v) is 11.4. The molecule has 1 aliphatic rings. The molecule has 0 spiro atoms. The first-order valence-corrected chi connectivity index (χ1v) is 6.41. The summed E-state index contributed by atoms with van der Waals surface area (Å²) < 4.78 is 18.2. The number of rotatable bonds is 3. The van der Waals surface area contributed by atoms with E-state index in [0.29, 0.717) is 5.56 Å². The zero-order chi connectivity index (χ0) is 14.3. The number of halogens is 1. The summed E-state index contributed by atoms with van der Waals surface area (Å²) in [5, 5.41) is 10.4. The Labute approximate surface area is 112 Å². The topological polar surface area (TPSA) is 46.5 Å². The lowest BCUT2D eigenvalue weighted by Gasteiger charge is -2.53. The van der Waals surface area contributed by atoms with E-state index in [0.717, 1.165) is 0 Å². The monoisotopic (exact) mass is 266 g/mol. The van der Waals surface area contributed by atoms with Crippen LogP contribution in [0.5, 0.6) is 0 Å². The predicted molar refractivity (Wildman–Crippen MR) is 69.1 cm³/mol. The van der Waals surface area contributed by atoms with Gasteiger partial charge in [-0.25, -0.2) is 4.39 Å². The van der Waals surface area contributed by atoms with Crippen molar-refractivity contribution in [1.29, 1.82) is 0 Å². The van der Waals surface area contributed by atoms with Crippen molar-refractivity contribution in [3.05, 3.63) is 35.6 Å². The van der Waals surface area contributed by atoms with Gasteiger partial charge in [0.2, 0.25) is 0 Å². The number of methoxy groups -OCH3 is 1. The van der Waals surface area contributed by atoms with E-state index in [4.69, 9.17) is 4.74 Å². The molecule has 2 rings (SSSR count). The largest absolute Gasteiger partial charge is 0.468 e. The van der Waals surface area contributed by atoms with Crippen LogP contribution in [0.3, 0.4) is 0 Å². The number of ether oxygens (including phenoxy) is 1. The molecule has 1 aromatic carbocycles.